The minimum Gasteiger partial charge on any atom is -0.479 e. The van der Waals surface area contributed by atoms with Crippen molar-refractivity contribution in [3.05, 3.63) is 90.0 Å². The van der Waals surface area contributed by atoms with Crippen LogP contribution in [0.25, 0.3) is 0 Å². The van der Waals surface area contributed by atoms with Gasteiger partial charge in [-0.15, -0.1) is 0 Å². The standard InChI is InChI=1S/C21H15F2NO4/c22-15-6-11-19(18(23)12-15)27-13-20(25)28-17-9-7-16(8-10-17)24-21(26)14-4-2-1-3-5-14/h1-12H,13H2,(H,24,26). The lowest BCUT2D eigenvalue weighted by molar-refractivity contribution is -0.136. The number of hydrogen-bond donors (Lipinski definition) is 1. The zero-order valence-corrected chi connectivity index (χ0v) is 14.5. The minimum atomic E-state index is -0.911. The molecule has 3 rings (SSSR count). The van der Waals surface area contributed by atoms with E-state index in [1.807, 2.05) is 6.07 Å². The van der Waals surface area contributed by atoms with Crippen LogP contribution in [-0.2, 0) is 4.79 Å². The number of carbonyl (C=O) groups is 2. The van der Waals surface area contributed by atoms with Gasteiger partial charge in [0.25, 0.3) is 5.91 Å². The predicted molar refractivity (Wildman–Crippen MR) is 98.3 cm³/mol. The van der Waals surface area contributed by atoms with Gasteiger partial charge in [-0.05, 0) is 48.5 Å². The van der Waals surface area contributed by atoms with Gasteiger partial charge in [-0.1, -0.05) is 18.2 Å². The van der Waals surface area contributed by atoms with Crippen LogP contribution in [0.15, 0.2) is 72.8 Å². The molecule has 0 atom stereocenters. The fourth-order valence-corrected chi connectivity index (χ4v) is 2.29. The van der Waals surface area contributed by atoms with Gasteiger partial charge in [0.05, 0.1) is 0 Å². The van der Waals surface area contributed by atoms with E-state index in [2.05, 4.69) is 5.32 Å². The summed E-state index contributed by atoms with van der Waals surface area (Å²) in [5, 5.41) is 2.72. The number of esters is 1. The summed E-state index contributed by atoms with van der Waals surface area (Å²) in [6.07, 6.45) is 0. The molecular weight excluding hydrogens is 368 g/mol. The maximum absolute atomic E-state index is 13.4. The first-order valence-electron chi connectivity index (χ1n) is 8.26. The summed E-state index contributed by atoms with van der Waals surface area (Å²) in [6.45, 7) is -0.547. The first-order valence-corrected chi connectivity index (χ1v) is 8.26. The lowest BCUT2D eigenvalue weighted by Crippen LogP contribution is -2.18. The number of benzene rings is 3. The quantitative estimate of drug-likeness (QED) is 0.512. The number of ether oxygens (including phenoxy) is 2. The van der Waals surface area contributed by atoms with Crippen LogP contribution >= 0.6 is 0 Å². The van der Waals surface area contributed by atoms with Gasteiger partial charge in [-0.2, -0.15) is 0 Å². The van der Waals surface area contributed by atoms with Crippen LogP contribution in [0, 0.1) is 11.6 Å². The Morgan fingerprint density at radius 1 is 0.893 bits per heavy atom. The molecule has 7 heteroatoms. The number of rotatable bonds is 6. The molecule has 0 aliphatic heterocycles. The molecule has 3 aromatic rings. The smallest absolute Gasteiger partial charge is 0.349 e. The summed E-state index contributed by atoms with van der Waals surface area (Å²) >= 11 is 0. The summed E-state index contributed by atoms with van der Waals surface area (Å²) in [5.74, 6) is -2.70. The fourth-order valence-electron chi connectivity index (χ4n) is 2.29. The number of halogens is 2. The van der Waals surface area contributed by atoms with E-state index >= 15 is 0 Å². The van der Waals surface area contributed by atoms with E-state index in [9.17, 15) is 18.4 Å². The molecule has 0 heterocycles. The van der Waals surface area contributed by atoms with Crippen molar-refractivity contribution in [2.45, 2.75) is 0 Å². The van der Waals surface area contributed by atoms with Gasteiger partial charge in [0.1, 0.15) is 11.6 Å². The third-order valence-electron chi connectivity index (χ3n) is 3.62. The van der Waals surface area contributed by atoms with Crippen molar-refractivity contribution in [1.29, 1.82) is 0 Å². The van der Waals surface area contributed by atoms with E-state index in [0.717, 1.165) is 12.1 Å². The highest BCUT2D eigenvalue weighted by molar-refractivity contribution is 6.04. The molecule has 0 bridgehead atoms. The van der Waals surface area contributed by atoms with Crippen LogP contribution in [0.2, 0.25) is 0 Å². The SMILES string of the molecule is O=C(COc1ccc(F)cc1F)Oc1ccc(NC(=O)c2ccccc2)cc1. The molecule has 1 N–H and O–H groups in total. The fraction of sp³-hybridized carbons (Fsp3) is 0.0476. The summed E-state index contributed by atoms with van der Waals surface area (Å²) < 4.78 is 36.3. The Kier molecular flexibility index (Phi) is 5.96. The van der Waals surface area contributed by atoms with Crippen molar-refractivity contribution >= 4 is 17.6 Å². The molecule has 0 unspecified atom stereocenters. The lowest BCUT2D eigenvalue weighted by Gasteiger charge is -2.09. The second-order valence-electron chi connectivity index (χ2n) is 5.68. The average Bonchev–Trinajstić information content (AvgIpc) is 2.69. The van der Waals surface area contributed by atoms with Crippen LogP contribution in [-0.4, -0.2) is 18.5 Å². The van der Waals surface area contributed by atoms with Crippen LogP contribution in [0.1, 0.15) is 10.4 Å². The molecule has 0 saturated carbocycles. The van der Waals surface area contributed by atoms with Crippen molar-refractivity contribution < 1.29 is 27.8 Å². The van der Waals surface area contributed by atoms with Crippen molar-refractivity contribution in [3.8, 4) is 11.5 Å². The zero-order chi connectivity index (χ0) is 19.9. The van der Waals surface area contributed by atoms with E-state index < -0.39 is 24.2 Å². The molecule has 3 aromatic carbocycles. The topological polar surface area (TPSA) is 64.6 Å². The molecule has 142 valence electrons. The highest BCUT2D eigenvalue weighted by Gasteiger charge is 2.10. The van der Waals surface area contributed by atoms with E-state index in [0.29, 0.717) is 17.3 Å². The maximum atomic E-state index is 13.4. The molecule has 1 amide bonds. The van der Waals surface area contributed by atoms with Crippen LogP contribution < -0.4 is 14.8 Å². The van der Waals surface area contributed by atoms with Crippen LogP contribution in [0.5, 0.6) is 11.5 Å². The largest absolute Gasteiger partial charge is 0.479 e. The van der Waals surface area contributed by atoms with E-state index in [1.165, 1.54) is 12.1 Å². The molecule has 5 nitrogen and oxygen atoms in total. The number of amides is 1. The molecule has 28 heavy (non-hydrogen) atoms. The molecule has 0 aliphatic rings. The Bertz CT molecular complexity index is 975. The maximum Gasteiger partial charge on any atom is 0.349 e. The van der Waals surface area contributed by atoms with Crippen molar-refractivity contribution in [3.63, 3.8) is 0 Å². The van der Waals surface area contributed by atoms with Gasteiger partial charge in [0, 0.05) is 17.3 Å². The van der Waals surface area contributed by atoms with Gasteiger partial charge in [-0.3, -0.25) is 4.79 Å². The molecule has 0 radical (unpaired) electrons. The second kappa shape index (κ2) is 8.77. The highest BCUT2D eigenvalue weighted by atomic mass is 19.1. The molecular formula is C21H15F2NO4. The number of anilines is 1. The summed E-state index contributed by atoms with van der Waals surface area (Å²) in [4.78, 5) is 23.9. The average molecular weight is 383 g/mol. The summed E-state index contributed by atoms with van der Waals surface area (Å²) in [6, 6.07) is 17.6. The monoisotopic (exact) mass is 383 g/mol. The van der Waals surface area contributed by atoms with Gasteiger partial charge < -0.3 is 14.8 Å². The highest BCUT2D eigenvalue weighted by Crippen LogP contribution is 2.19. The van der Waals surface area contributed by atoms with E-state index in [-0.39, 0.29) is 17.4 Å². The first-order chi connectivity index (χ1) is 13.5. The van der Waals surface area contributed by atoms with Crippen molar-refractivity contribution in [2.24, 2.45) is 0 Å². The third kappa shape index (κ3) is 5.14. The normalized spacial score (nSPS) is 10.2. The van der Waals surface area contributed by atoms with E-state index in [4.69, 9.17) is 9.47 Å². The Hall–Kier alpha value is -3.74. The minimum absolute atomic E-state index is 0.228. The molecule has 0 saturated heterocycles. The summed E-state index contributed by atoms with van der Waals surface area (Å²) in [7, 11) is 0. The molecule has 0 fully saturated rings. The Morgan fingerprint density at radius 2 is 1.61 bits per heavy atom. The van der Waals surface area contributed by atoms with Gasteiger partial charge in [0.15, 0.2) is 18.2 Å². The first kappa shape index (κ1) is 19.0. The third-order valence-corrected chi connectivity index (χ3v) is 3.62. The number of hydrogen-bond acceptors (Lipinski definition) is 4. The van der Waals surface area contributed by atoms with Crippen LogP contribution in [0.3, 0.4) is 0 Å². The zero-order valence-electron chi connectivity index (χ0n) is 14.5. The van der Waals surface area contributed by atoms with E-state index in [1.54, 1.807) is 36.4 Å². The number of nitrogens with one attached hydrogen (secondary N) is 1. The Morgan fingerprint density at radius 3 is 2.29 bits per heavy atom. The van der Waals surface area contributed by atoms with Gasteiger partial charge in [0.2, 0.25) is 0 Å². The number of carbonyl (C=O) groups excluding carboxylic acids is 2. The van der Waals surface area contributed by atoms with Gasteiger partial charge >= 0.3 is 5.97 Å². The van der Waals surface area contributed by atoms with Crippen LogP contribution in [0.4, 0.5) is 14.5 Å². The van der Waals surface area contributed by atoms with Crippen molar-refractivity contribution in [1.82, 2.24) is 0 Å². The molecule has 0 aromatic heterocycles. The summed E-state index contributed by atoms with van der Waals surface area (Å²) in [5.41, 5.74) is 1.04. The molecule has 0 spiro atoms. The second-order valence-corrected chi connectivity index (χ2v) is 5.68. The Balaban J connectivity index is 1.52. The molecule has 0 aliphatic carbocycles. The van der Waals surface area contributed by atoms with Crippen molar-refractivity contribution in [2.75, 3.05) is 11.9 Å². The Labute approximate surface area is 159 Å². The predicted octanol–water partition coefficient (Wildman–Crippen LogP) is 4.20. The lowest BCUT2D eigenvalue weighted by atomic mass is 10.2. The van der Waals surface area contributed by atoms with Gasteiger partial charge in [-0.25, -0.2) is 13.6 Å².